The van der Waals surface area contributed by atoms with E-state index >= 15 is 0 Å². The van der Waals surface area contributed by atoms with Gasteiger partial charge in [0.05, 0.1) is 11.9 Å². The van der Waals surface area contributed by atoms with Gasteiger partial charge < -0.3 is 15.0 Å². The Morgan fingerprint density at radius 1 is 1.00 bits per heavy atom. The number of para-hydroxylation sites is 1. The second-order valence-corrected chi connectivity index (χ2v) is 6.13. The van der Waals surface area contributed by atoms with Gasteiger partial charge in [0.2, 0.25) is 0 Å². The summed E-state index contributed by atoms with van der Waals surface area (Å²) in [7, 11) is 0. The lowest BCUT2D eigenvalue weighted by Gasteiger charge is -2.23. The van der Waals surface area contributed by atoms with Gasteiger partial charge in [-0.05, 0) is 50.2 Å². The molecule has 0 saturated heterocycles. The van der Waals surface area contributed by atoms with Gasteiger partial charge in [0.25, 0.3) is 5.91 Å². The van der Waals surface area contributed by atoms with E-state index in [-0.39, 0.29) is 12.5 Å². The molecule has 0 spiro atoms. The number of anilines is 3. The number of nitrogens with one attached hydrogen (secondary N) is 1. The molecule has 0 aliphatic carbocycles. The van der Waals surface area contributed by atoms with Gasteiger partial charge in [-0.15, -0.1) is 0 Å². The third-order valence-corrected chi connectivity index (χ3v) is 4.10. The number of carbonyl (C=O) groups is 1. The van der Waals surface area contributed by atoms with Crippen molar-refractivity contribution in [2.45, 2.75) is 13.8 Å². The quantitative estimate of drug-likeness (QED) is 0.670. The number of rotatable bonds is 7. The Kier molecular flexibility index (Phi) is 6.05. The van der Waals surface area contributed by atoms with Gasteiger partial charge in [-0.1, -0.05) is 35.9 Å². The summed E-state index contributed by atoms with van der Waals surface area (Å²) in [4.78, 5) is 18.6. The number of carbonyl (C=O) groups excluding carboxylic acids is 1. The molecule has 5 heteroatoms. The van der Waals surface area contributed by atoms with Gasteiger partial charge in [0.1, 0.15) is 11.6 Å². The van der Waals surface area contributed by atoms with Crippen LogP contribution in [-0.2, 0) is 4.79 Å². The number of aryl methyl sites for hydroxylation is 1. The number of aromatic nitrogens is 1. The van der Waals surface area contributed by atoms with Crippen molar-refractivity contribution in [3.63, 3.8) is 0 Å². The molecule has 1 N–H and O–H groups in total. The van der Waals surface area contributed by atoms with Crippen LogP contribution < -0.4 is 15.0 Å². The molecule has 0 aliphatic heterocycles. The van der Waals surface area contributed by atoms with Crippen LogP contribution >= 0.6 is 0 Å². The molecule has 0 bridgehead atoms. The third-order valence-electron chi connectivity index (χ3n) is 4.10. The fourth-order valence-corrected chi connectivity index (χ4v) is 2.70. The molecule has 0 aliphatic rings. The maximum Gasteiger partial charge on any atom is 0.263 e. The van der Waals surface area contributed by atoms with Gasteiger partial charge >= 0.3 is 0 Å². The summed E-state index contributed by atoms with van der Waals surface area (Å²) in [5.74, 6) is 0.923. The van der Waals surface area contributed by atoms with Crippen LogP contribution in [0.5, 0.6) is 5.75 Å². The van der Waals surface area contributed by atoms with Crippen molar-refractivity contribution in [2.75, 3.05) is 23.4 Å². The van der Waals surface area contributed by atoms with Gasteiger partial charge in [-0.3, -0.25) is 4.79 Å². The Labute approximate surface area is 159 Å². The smallest absolute Gasteiger partial charge is 0.263 e. The van der Waals surface area contributed by atoms with Crippen LogP contribution in [0.4, 0.5) is 17.2 Å². The van der Waals surface area contributed by atoms with Crippen LogP contribution in [0, 0.1) is 6.92 Å². The molecular weight excluding hydrogens is 338 g/mol. The van der Waals surface area contributed by atoms with Crippen LogP contribution in [0.2, 0.25) is 0 Å². The van der Waals surface area contributed by atoms with E-state index in [0.717, 1.165) is 23.5 Å². The number of benzene rings is 2. The zero-order chi connectivity index (χ0) is 19.1. The SMILES string of the molecule is CCN(c1ccccc1)c1ccc(NC(=O)COc2ccc(C)cc2)nc1. The second-order valence-electron chi connectivity index (χ2n) is 6.13. The van der Waals surface area contributed by atoms with E-state index in [2.05, 4.69) is 34.3 Å². The lowest BCUT2D eigenvalue weighted by molar-refractivity contribution is -0.118. The molecule has 2 aromatic carbocycles. The number of hydrogen-bond donors (Lipinski definition) is 1. The predicted molar refractivity (Wildman–Crippen MR) is 109 cm³/mol. The first kappa shape index (κ1) is 18.5. The van der Waals surface area contributed by atoms with Crippen LogP contribution in [0.25, 0.3) is 0 Å². The molecule has 0 fully saturated rings. The monoisotopic (exact) mass is 361 g/mol. The fourth-order valence-electron chi connectivity index (χ4n) is 2.70. The Balaban J connectivity index is 1.58. The lowest BCUT2D eigenvalue weighted by Crippen LogP contribution is -2.21. The molecule has 5 nitrogen and oxygen atoms in total. The van der Waals surface area contributed by atoms with Crippen LogP contribution in [-0.4, -0.2) is 24.0 Å². The highest BCUT2D eigenvalue weighted by Crippen LogP contribution is 2.24. The van der Waals surface area contributed by atoms with Crippen molar-refractivity contribution in [1.82, 2.24) is 4.98 Å². The van der Waals surface area contributed by atoms with Crippen LogP contribution in [0.1, 0.15) is 12.5 Å². The normalized spacial score (nSPS) is 10.3. The average Bonchev–Trinajstić information content (AvgIpc) is 2.70. The minimum atomic E-state index is -0.244. The molecule has 27 heavy (non-hydrogen) atoms. The van der Waals surface area contributed by atoms with E-state index < -0.39 is 0 Å². The molecule has 1 aromatic heterocycles. The maximum atomic E-state index is 12.1. The highest BCUT2D eigenvalue weighted by atomic mass is 16.5. The molecule has 0 atom stereocenters. The number of pyridine rings is 1. The standard InChI is InChI=1S/C22H23N3O2/c1-3-25(18-7-5-4-6-8-18)19-11-14-21(23-15-19)24-22(26)16-27-20-12-9-17(2)10-13-20/h4-15H,3,16H2,1-2H3,(H,23,24,26). The molecule has 0 saturated carbocycles. The third kappa shape index (κ3) is 5.07. The molecule has 0 unspecified atom stereocenters. The number of amides is 1. The first-order valence-corrected chi connectivity index (χ1v) is 8.93. The topological polar surface area (TPSA) is 54.5 Å². The first-order chi connectivity index (χ1) is 13.2. The second kappa shape index (κ2) is 8.85. The predicted octanol–water partition coefficient (Wildman–Crippen LogP) is 4.57. The molecular formula is C22H23N3O2. The molecule has 1 heterocycles. The summed E-state index contributed by atoms with van der Waals surface area (Å²) in [6.45, 7) is 4.85. The summed E-state index contributed by atoms with van der Waals surface area (Å²) >= 11 is 0. The van der Waals surface area contributed by atoms with Crippen LogP contribution in [0.15, 0.2) is 72.9 Å². The van der Waals surface area contributed by atoms with Crippen molar-refractivity contribution in [1.29, 1.82) is 0 Å². The van der Waals surface area contributed by atoms with Gasteiger partial charge in [-0.2, -0.15) is 0 Å². The van der Waals surface area contributed by atoms with Crippen molar-refractivity contribution in [3.05, 3.63) is 78.5 Å². The van der Waals surface area contributed by atoms with E-state index in [9.17, 15) is 4.79 Å². The summed E-state index contributed by atoms with van der Waals surface area (Å²) in [6, 6.07) is 21.4. The molecule has 138 valence electrons. The maximum absolute atomic E-state index is 12.1. The Morgan fingerprint density at radius 3 is 2.37 bits per heavy atom. The van der Waals surface area contributed by atoms with Gasteiger partial charge in [0, 0.05) is 12.2 Å². The van der Waals surface area contributed by atoms with Crippen molar-refractivity contribution < 1.29 is 9.53 Å². The molecule has 3 rings (SSSR count). The summed E-state index contributed by atoms with van der Waals surface area (Å²) < 4.78 is 5.48. The Bertz CT molecular complexity index is 862. The minimum Gasteiger partial charge on any atom is -0.484 e. The van der Waals surface area contributed by atoms with Crippen molar-refractivity contribution in [2.24, 2.45) is 0 Å². The van der Waals surface area contributed by atoms with E-state index in [1.807, 2.05) is 55.5 Å². The summed E-state index contributed by atoms with van der Waals surface area (Å²) in [5.41, 5.74) is 3.22. The van der Waals surface area contributed by atoms with E-state index in [4.69, 9.17) is 4.74 Å². The van der Waals surface area contributed by atoms with E-state index in [0.29, 0.717) is 11.6 Å². The number of ether oxygens (including phenoxy) is 1. The van der Waals surface area contributed by atoms with E-state index in [1.54, 1.807) is 12.3 Å². The van der Waals surface area contributed by atoms with Crippen LogP contribution in [0.3, 0.4) is 0 Å². The number of hydrogen-bond acceptors (Lipinski definition) is 4. The highest BCUT2D eigenvalue weighted by Gasteiger charge is 2.09. The van der Waals surface area contributed by atoms with Crippen molar-refractivity contribution >= 4 is 23.1 Å². The van der Waals surface area contributed by atoms with Gasteiger partial charge in [0.15, 0.2) is 6.61 Å². The molecule has 3 aromatic rings. The minimum absolute atomic E-state index is 0.0579. The fraction of sp³-hybridized carbons (Fsp3) is 0.182. The Hall–Kier alpha value is -3.34. The van der Waals surface area contributed by atoms with E-state index in [1.165, 1.54) is 0 Å². The Morgan fingerprint density at radius 2 is 1.74 bits per heavy atom. The largest absolute Gasteiger partial charge is 0.484 e. The highest BCUT2D eigenvalue weighted by molar-refractivity contribution is 5.91. The molecule has 0 radical (unpaired) electrons. The number of nitrogens with zero attached hydrogens (tertiary/aromatic N) is 2. The molecule has 1 amide bonds. The summed E-state index contributed by atoms with van der Waals surface area (Å²) in [5, 5.41) is 2.75. The average molecular weight is 361 g/mol. The first-order valence-electron chi connectivity index (χ1n) is 8.93. The zero-order valence-electron chi connectivity index (χ0n) is 15.6. The summed E-state index contributed by atoms with van der Waals surface area (Å²) in [6.07, 6.45) is 1.76. The lowest BCUT2D eigenvalue weighted by atomic mass is 10.2. The van der Waals surface area contributed by atoms with Crippen molar-refractivity contribution in [3.8, 4) is 5.75 Å². The zero-order valence-corrected chi connectivity index (χ0v) is 15.6. The van der Waals surface area contributed by atoms with Gasteiger partial charge in [-0.25, -0.2) is 4.98 Å².